The van der Waals surface area contributed by atoms with E-state index in [1.54, 1.807) is 11.8 Å². The average molecular weight is 339 g/mol. The number of aryl methyl sites for hydroxylation is 1. The lowest BCUT2D eigenvalue weighted by Gasteiger charge is -2.24. The molecule has 0 spiro atoms. The average Bonchev–Trinajstić information content (AvgIpc) is 3.12. The van der Waals surface area contributed by atoms with Crippen molar-refractivity contribution in [3.63, 3.8) is 0 Å². The van der Waals surface area contributed by atoms with Gasteiger partial charge in [-0.05, 0) is 31.2 Å². The number of benzene rings is 1. The molecule has 6 nitrogen and oxygen atoms in total. The predicted molar refractivity (Wildman–Crippen MR) is 95.4 cm³/mol. The highest BCUT2D eigenvalue weighted by Crippen LogP contribution is 2.26. The Balaban J connectivity index is 1.87. The first-order valence-electron chi connectivity index (χ1n) is 8.21. The molecule has 1 atom stereocenters. The fourth-order valence-electron chi connectivity index (χ4n) is 3.08. The molecule has 2 aromatic rings. The third-order valence-electron chi connectivity index (χ3n) is 4.30. The van der Waals surface area contributed by atoms with Gasteiger partial charge in [-0.25, -0.2) is 4.79 Å². The van der Waals surface area contributed by atoms with Crippen LogP contribution in [0.1, 0.15) is 25.1 Å². The van der Waals surface area contributed by atoms with E-state index < -0.39 is 5.97 Å². The summed E-state index contributed by atoms with van der Waals surface area (Å²) in [4.78, 5) is 29.9. The van der Waals surface area contributed by atoms with Gasteiger partial charge in [-0.1, -0.05) is 22.9 Å². The Morgan fingerprint density at radius 1 is 1.24 bits per heavy atom. The van der Waals surface area contributed by atoms with Crippen molar-refractivity contribution in [1.82, 2.24) is 4.57 Å². The van der Waals surface area contributed by atoms with Crippen LogP contribution in [0.2, 0.25) is 0 Å². The van der Waals surface area contributed by atoms with Crippen molar-refractivity contribution in [2.75, 3.05) is 11.4 Å². The van der Waals surface area contributed by atoms with Crippen LogP contribution in [0.3, 0.4) is 0 Å². The summed E-state index contributed by atoms with van der Waals surface area (Å²) in [6, 6.07) is 11.7. The van der Waals surface area contributed by atoms with Crippen LogP contribution < -0.4 is 4.90 Å². The number of fused-ring (bicyclic) bond motifs is 1. The molecule has 0 saturated carbocycles. The van der Waals surface area contributed by atoms with E-state index in [4.69, 9.17) is 4.84 Å². The first kappa shape index (κ1) is 17.0. The Bertz CT molecular complexity index is 821. The fourth-order valence-corrected chi connectivity index (χ4v) is 3.08. The number of hydrogen-bond donors (Lipinski definition) is 0. The Hall–Kier alpha value is -2.89. The second-order valence-corrected chi connectivity index (χ2v) is 6.27. The SMILES string of the molecule is CC(=O)ON=C1c2cccn2CC1CN(C(C)=O)c1ccc(C)cc1. The van der Waals surface area contributed by atoms with Gasteiger partial charge in [0.2, 0.25) is 5.91 Å². The standard InChI is InChI=1S/C19H21N3O3/c1-13-6-8-17(9-7-13)22(14(2)23)12-16-11-21-10-4-5-18(21)19(16)20-25-15(3)24/h4-10,16H,11-12H2,1-3H3. The van der Waals surface area contributed by atoms with Crippen molar-refractivity contribution >= 4 is 23.3 Å². The van der Waals surface area contributed by atoms with Gasteiger partial charge in [-0.3, -0.25) is 4.79 Å². The molecule has 1 aliphatic heterocycles. The highest BCUT2D eigenvalue weighted by molar-refractivity contribution is 6.04. The van der Waals surface area contributed by atoms with Crippen LogP contribution in [0.5, 0.6) is 0 Å². The van der Waals surface area contributed by atoms with E-state index in [1.165, 1.54) is 6.92 Å². The summed E-state index contributed by atoms with van der Waals surface area (Å²) in [5, 5.41) is 4.05. The minimum atomic E-state index is -0.460. The normalized spacial score (nSPS) is 17.4. The van der Waals surface area contributed by atoms with Crippen molar-refractivity contribution in [1.29, 1.82) is 0 Å². The van der Waals surface area contributed by atoms with E-state index in [1.807, 2.05) is 49.5 Å². The Morgan fingerprint density at radius 2 is 1.96 bits per heavy atom. The van der Waals surface area contributed by atoms with Crippen LogP contribution in [0.4, 0.5) is 5.69 Å². The van der Waals surface area contributed by atoms with Crippen molar-refractivity contribution in [3.05, 3.63) is 53.9 Å². The van der Waals surface area contributed by atoms with Crippen LogP contribution in [0.25, 0.3) is 0 Å². The lowest BCUT2D eigenvalue weighted by atomic mass is 10.0. The maximum absolute atomic E-state index is 12.2. The summed E-state index contributed by atoms with van der Waals surface area (Å²) in [5.41, 5.74) is 3.60. The zero-order valence-corrected chi connectivity index (χ0v) is 14.6. The van der Waals surface area contributed by atoms with Gasteiger partial charge in [-0.15, -0.1) is 0 Å². The molecule has 1 unspecified atom stereocenters. The van der Waals surface area contributed by atoms with Crippen molar-refractivity contribution < 1.29 is 14.4 Å². The van der Waals surface area contributed by atoms with Crippen LogP contribution in [0.15, 0.2) is 47.8 Å². The minimum absolute atomic E-state index is 0.0349. The smallest absolute Gasteiger partial charge is 0.331 e. The number of anilines is 1. The predicted octanol–water partition coefficient (Wildman–Crippen LogP) is 2.75. The van der Waals surface area contributed by atoms with Gasteiger partial charge in [0.15, 0.2) is 0 Å². The van der Waals surface area contributed by atoms with Crippen LogP contribution in [0, 0.1) is 12.8 Å². The molecular formula is C19H21N3O3. The van der Waals surface area contributed by atoms with Gasteiger partial charge >= 0.3 is 5.97 Å². The van der Waals surface area contributed by atoms with Crippen LogP contribution >= 0.6 is 0 Å². The maximum atomic E-state index is 12.2. The Kier molecular flexibility index (Phi) is 4.70. The zero-order chi connectivity index (χ0) is 18.0. The molecule has 130 valence electrons. The summed E-state index contributed by atoms with van der Waals surface area (Å²) < 4.78 is 2.06. The first-order valence-corrected chi connectivity index (χ1v) is 8.21. The molecule has 0 fully saturated rings. The van der Waals surface area contributed by atoms with E-state index >= 15 is 0 Å². The third-order valence-corrected chi connectivity index (χ3v) is 4.30. The Labute approximate surface area is 146 Å². The molecule has 1 aromatic carbocycles. The summed E-state index contributed by atoms with van der Waals surface area (Å²) in [5.74, 6) is -0.536. The second kappa shape index (κ2) is 6.93. The number of oxime groups is 1. The third kappa shape index (κ3) is 3.63. The highest BCUT2D eigenvalue weighted by Gasteiger charge is 2.32. The molecule has 0 radical (unpaired) electrons. The fraction of sp³-hybridized carbons (Fsp3) is 0.316. The highest BCUT2D eigenvalue weighted by atomic mass is 16.7. The van der Waals surface area contributed by atoms with Crippen molar-refractivity contribution in [2.45, 2.75) is 27.3 Å². The monoisotopic (exact) mass is 339 g/mol. The molecule has 1 amide bonds. The molecule has 0 N–H and O–H groups in total. The largest absolute Gasteiger partial charge is 0.346 e. The molecule has 0 bridgehead atoms. The van der Waals surface area contributed by atoms with E-state index in [2.05, 4.69) is 9.72 Å². The van der Waals surface area contributed by atoms with E-state index in [-0.39, 0.29) is 11.8 Å². The number of nitrogens with zero attached hydrogens (tertiary/aromatic N) is 3. The summed E-state index contributed by atoms with van der Waals surface area (Å²) in [7, 11) is 0. The summed E-state index contributed by atoms with van der Waals surface area (Å²) in [6.45, 7) is 6.05. The molecule has 1 aliphatic rings. The van der Waals surface area contributed by atoms with E-state index in [0.717, 1.165) is 16.9 Å². The number of carbonyl (C=O) groups is 2. The molecule has 25 heavy (non-hydrogen) atoms. The molecule has 6 heteroatoms. The molecular weight excluding hydrogens is 318 g/mol. The van der Waals surface area contributed by atoms with Gasteiger partial charge in [0.25, 0.3) is 0 Å². The topological polar surface area (TPSA) is 63.9 Å². The van der Waals surface area contributed by atoms with Gasteiger partial charge in [0, 0.05) is 44.7 Å². The van der Waals surface area contributed by atoms with Crippen molar-refractivity contribution in [3.8, 4) is 0 Å². The summed E-state index contributed by atoms with van der Waals surface area (Å²) >= 11 is 0. The van der Waals surface area contributed by atoms with Gasteiger partial charge in [-0.2, -0.15) is 0 Å². The second-order valence-electron chi connectivity index (χ2n) is 6.27. The van der Waals surface area contributed by atoms with Gasteiger partial charge in [0.05, 0.1) is 5.69 Å². The number of rotatable bonds is 4. The van der Waals surface area contributed by atoms with Crippen molar-refractivity contribution in [2.24, 2.45) is 11.1 Å². The van der Waals surface area contributed by atoms with Crippen LogP contribution in [-0.4, -0.2) is 28.7 Å². The molecule has 3 rings (SSSR count). The number of aromatic nitrogens is 1. The number of amides is 1. The minimum Gasteiger partial charge on any atom is -0.346 e. The first-order chi connectivity index (χ1) is 12.0. The Morgan fingerprint density at radius 3 is 2.60 bits per heavy atom. The summed E-state index contributed by atoms with van der Waals surface area (Å²) in [6.07, 6.45) is 1.96. The molecule has 1 aromatic heterocycles. The zero-order valence-electron chi connectivity index (χ0n) is 14.6. The lowest BCUT2D eigenvalue weighted by Crippen LogP contribution is -2.36. The van der Waals surface area contributed by atoms with Gasteiger partial charge < -0.3 is 14.3 Å². The molecule has 0 aliphatic carbocycles. The lowest BCUT2D eigenvalue weighted by molar-refractivity contribution is -0.141. The van der Waals surface area contributed by atoms with E-state index in [0.29, 0.717) is 18.8 Å². The van der Waals surface area contributed by atoms with E-state index in [9.17, 15) is 9.59 Å². The number of hydrogen-bond acceptors (Lipinski definition) is 4. The quantitative estimate of drug-likeness (QED) is 0.635. The van der Waals surface area contributed by atoms with Gasteiger partial charge in [0.1, 0.15) is 5.71 Å². The molecule has 2 heterocycles. The molecule has 0 saturated heterocycles. The van der Waals surface area contributed by atoms with Crippen LogP contribution in [-0.2, 0) is 21.0 Å². The maximum Gasteiger partial charge on any atom is 0.331 e. The number of carbonyl (C=O) groups excluding carboxylic acids is 2.